The van der Waals surface area contributed by atoms with E-state index < -0.39 is 5.97 Å². The lowest BCUT2D eigenvalue weighted by atomic mass is 10.0. The summed E-state index contributed by atoms with van der Waals surface area (Å²) in [6.45, 7) is 6.83. The molecule has 0 aliphatic carbocycles. The molecule has 0 spiro atoms. The van der Waals surface area contributed by atoms with Gasteiger partial charge in [0.05, 0.1) is 22.6 Å². The van der Waals surface area contributed by atoms with E-state index in [9.17, 15) is 14.7 Å². The van der Waals surface area contributed by atoms with Gasteiger partial charge >= 0.3 is 5.97 Å². The van der Waals surface area contributed by atoms with E-state index >= 15 is 0 Å². The number of benzene rings is 1. The second-order valence-corrected chi connectivity index (χ2v) is 9.79. The van der Waals surface area contributed by atoms with Crippen LogP contribution in [0.2, 0.25) is 5.15 Å². The number of rotatable bonds is 6. The van der Waals surface area contributed by atoms with Crippen LogP contribution >= 0.6 is 11.6 Å². The van der Waals surface area contributed by atoms with E-state index in [1.165, 1.54) is 6.07 Å². The van der Waals surface area contributed by atoms with Crippen molar-refractivity contribution in [2.45, 2.75) is 19.9 Å². The Bertz CT molecular complexity index is 1570. The molecule has 3 aromatic heterocycles. The fourth-order valence-electron chi connectivity index (χ4n) is 4.90. The molecule has 1 aliphatic rings. The van der Waals surface area contributed by atoms with Gasteiger partial charge in [-0.3, -0.25) is 14.3 Å². The summed E-state index contributed by atoms with van der Waals surface area (Å²) in [4.78, 5) is 42.7. The normalized spacial score (nSPS) is 14.5. The molecule has 0 saturated carbocycles. The lowest BCUT2D eigenvalue weighted by molar-refractivity contribution is 0.0691. The first kappa shape index (κ1) is 25.5. The Kier molecular flexibility index (Phi) is 6.90. The number of aromatic carboxylic acids is 1. The summed E-state index contributed by atoms with van der Waals surface area (Å²) in [7, 11) is 1.75. The summed E-state index contributed by atoms with van der Waals surface area (Å²) in [5.41, 5.74) is 3.45. The number of halogens is 1. The standard InChI is InChI=1S/C27H28ClN7O3/c1-16-14-19(17(2)30-21-4-5-22(28)31-24(21)26(37)38)23-20(15-16)25(36)33(3)27(32-23)35-12-10-34(11-13-35)18-6-8-29-9-7-18/h4-9,14-15,17,30H,10-13H2,1-3H3,(H,37,38). The van der Waals surface area contributed by atoms with Gasteiger partial charge < -0.3 is 20.2 Å². The van der Waals surface area contributed by atoms with Gasteiger partial charge in [-0.05, 0) is 49.7 Å². The maximum atomic E-state index is 13.5. The van der Waals surface area contributed by atoms with Crippen molar-refractivity contribution in [1.82, 2.24) is 19.5 Å². The summed E-state index contributed by atoms with van der Waals surface area (Å²) < 4.78 is 1.61. The van der Waals surface area contributed by atoms with Crippen LogP contribution in [-0.4, -0.2) is 56.8 Å². The van der Waals surface area contributed by atoms with E-state index in [1.54, 1.807) is 30.1 Å². The van der Waals surface area contributed by atoms with E-state index in [1.807, 2.05) is 38.1 Å². The van der Waals surface area contributed by atoms with Crippen molar-refractivity contribution in [3.8, 4) is 0 Å². The van der Waals surface area contributed by atoms with Crippen molar-refractivity contribution in [3.63, 3.8) is 0 Å². The molecule has 10 nitrogen and oxygen atoms in total. The minimum atomic E-state index is -1.18. The Balaban J connectivity index is 1.50. The van der Waals surface area contributed by atoms with E-state index in [2.05, 4.69) is 25.1 Å². The van der Waals surface area contributed by atoms with Gasteiger partial charge in [-0.25, -0.2) is 14.8 Å². The number of carbonyl (C=O) groups is 1. The second kappa shape index (κ2) is 10.3. The fourth-order valence-corrected chi connectivity index (χ4v) is 5.05. The minimum Gasteiger partial charge on any atom is -0.476 e. The summed E-state index contributed by atoms with van der Waals surface area (Å²) in [6.07, 6.45) is 3.57. The average molecular weight is 534 g/mol. The van der Waals surface area contributed by atoms with E-state index in [0.717, 1.165) is 29.9 Å². The number of hydrogen-bond acceptors (Lipinski definition) is 8. The number of aromatic nitrogens is 4. The molecule has 5 rings (SSSR count). The highest BCUT2D eigenvalue weighted by Crippen LogP contribution is 2.29. The molecule has 1 aliphatic heterocycles. The molecule has 0 radical (unpaired) electrons. The zero-order chi connectivity index (χ0) is 27.0. The molecule has 4 aromatic rings. The predicted octanol–water partition coefficient (Wildman–Crippen LogP) is 3.88. The molecule has 0 bridgehead atoms. The smallest absolute Gasteiger partial charge is 0.356 e. The van der Waals surface area contributed by atoms with Crippen LogP contribution in [0.25, 0.3) is 10.9 Å². The lowest BCUT2D eigenvalue weighted by Gasteiger charge is -2.37. The summed E-state index contributed by atoms with van der Waals surface area (Å²) in [6, 6.07) is 10.6. The number of aryl methyl sites for hydroxylation is 1. The summed E-state index contributed by atoms with van der Waals surface area (Å²) in [5.74, 6) is -0.579. The van der Waals surface area contributed by atoms with Crippen LogP contribution in [0.5, 0.6) is 0 Å². The molecule has 1 atom stereocenters. The Labute approximate surface area is 224 Å². The largest absolute Gasteiger partial charge is 0.476 e. The lowest BCUT2D eigenvalue weighted by Crippen LogP contribution is -2.48. The molecule has 11 heteroatoms. The van der Waals surface area contributed by atoms with Gasteiger partial charge in [-0.2, -0.15) is 0 Å². The second-order valence-electron chi connectivity index (χ2n) is 9.41. The highest BCUT2D eigenvalue weighted by atomic mass is 35.5. The highest BCUT2D eigenvalue weighted by Gasteiger charge is 2.24. The fraction of sp³-hybridized carbons (Fsp3) is 0.296. The Hall–Kier alpha value is -4.18. The van der Waals surface area contributed by atoms with Gasteiger partial charge in [0, 0.05) is 56.9 Å². The Morgan fingerprint density at radius 3 is 2.42 bits per heavy atom. The van der Waals surface area contributed by atoms with Crippen LogP contribution in [0.1, 0.15) is 34.6 Å². The number of carboxylic acids is 1. The summed E-state index contributed by atoms with van der Waals surface area (Å²) in [5, 5.41) is 13.4. The molecular weight excluding hydrogens is 506 g/mol. The van der Waals surface area contributed by atoms with Gasteiger partial charge in [0.1, 0.15) is 5.15 Å². The molecule has 4 heterocycles. The number of carboxylic acid groups (broad SMARTS) is 1. The van der Waals surface area contributed by atoms with Crippen LogP contribution in [-0.2, 0) is 7.05 Å². The summed E-state index contributed by atoms with van der Waals surface area (Å²) >= 11 is 5.92. The number of hydrogen-bond donors (Lipinski definition) is 2. The third-order valence-corrected chi connectivity index (χ3v) is 7.03. The Morgan fingerprint density at radius 1 is 1.05 bits per heavy atom. The third-order valence-electron chi connectivity index (χ3n) is 6.82. The van der Waals surface area contributed by atoms with Gasteiger partial charge in [-0.15, -0.1) is 0 Å². The maximum absolute atomic E-state index is 13.5. The first-order valence-corrected chi connectivity index (χ1v) is 12.7. The number of anilines is 3. The van der Waals surface area contributed by atoms with E-state index in [4.69, 9.17) is 16.6 Å². The van der Waals surface area contributed by atoms with E-state index in [-0.39, 0.29) is 22.4 Å². The molecule has 1 fully saturated rings. The number of nitrogens with one attached hydrogen (secondary N) is 1. The van der Waals surface area contributed by atoms with E-state index in [0.29, 0.717) is 35.6 Å². The molecule has 2 N–H and O–H groups in total. The SMILES string of the molecule is Cc1cc(C(C)Nc2ccc(Cl)nc2C(=O)O)c2nc(N3CCN(c4ccncc4)CC3)n(C)c(=O)c2c1. The molecule has 196 valence electrons. The quantitative estimate of drug-likeness (QED) is 0.356. The number of fused-ring (bicyclic) bond motifs is 1. The molecule has 1 unspecified atom stereocenters. The van der Waals surface area contributed by atoms with Gasteiger partial charge in [-0.1, -0.05) is 17.7 Å². The monoisotopic (exact) mass is 533 g/mol. The van der Waals surface area contributed by atoms with Crippen molar-refractivity contribution in [1.29, 1.82) is 0 Å². The minimum absolute atomic E-state index is 0.0976. The number of pyridine rings is 2. The third kappa shape index (κ3) is 4.87. The predicted molar refractivity (Wildman–Crippen MR) is 149 cm³/mol. The topological polar surface area (TPSA) is 116 Å². The number of piperazine rings is 1. The van der Waals surface area contributed by atoms with Crippen molar-refractivity contribution in [2.75, 3.05) is 41.3 Å². The van der Waals surface area contributed by atoms with Crippen molar-refractivity contribution >= 4 is 45.8 Å². The van der Waals surface area contributed by atoms with Crippen molar-refractivity contribution in [2.24, 2.45) is 7.05 Å². The molecule has 1 saturated heterocycles. The first-order chi connectivity index (χ1) is 18.2. The zero-order valence-corrected chi connectivity index (χ0v) is 22.1. The Morgan fingerprint density at radius 2 is 1.74 bits per heavy atom. The van der Waals surface area contributed by atoms with Crippen LogP contribution in [0.3, 0.4) is 0 Å². The average Bonchev–Trinajstić information content (AvgIpc) is 2.92. The zero-order valence-electron chi connectivity index (χ0n) is 21.3. The molecule has 0 amide bonds. The molecule has 1 aromatic carbocycles. The van der Waals surface area contributed by atoms with Crippen molar-refractivity contribution in [3.05, 3.63) is 81.1 Å². The molecule has 38 heavy (non-hydrogen) atoms. The van der Waals surface area contributed by atoms with Gasteiger partial charge in [0.2, 0.25) is 5.95 Å². The van der Waals surface area contributed by atoms with Crippen LogP contribution in [0, 0.1) is 6.92 Å². The highest BCUT2D eigenvalue weighted by molar-refractivity contribution is 6.29. The maximum Gasteiger partial charge on any atom is 0.356 e. The molecular formula is C27H28ClN7O3. The van der Waals surface area contributed by atoms with Crippen LogP contribution in [0.4, 0.5) is 17.3 Å². The number of nitrogens with zero attached hydrogens (tertiary/aromatic N) is 6. The van der Waals surface area contributed by atoms with Gasteiger partial charge in [0.25, 0.3) is 5.56 Å². The van der Waals surface area contributed by atoms with Crippen molar-refractivity contribution < 1.29 is 9.90 Å². The van der Waals surface area contributed by atoms with Crippen LogP contribution in [0.15, 0.2) is 53.6 Å². The first-order valence-electron chi connectivity index (χ1n) is 12.3. The van der Waals surface area contributed by atoms with Gasteiger partial charge in [0.15, 0.2) is 5.69 Å². The van der Waals surface area contributed by atoms with Crippen LogP contribution < -0.4 is 20.7 Å².